The topological polar surface area (TPSA) is 47.5 Å². The number of carbonyl (C=O) groups excluding carboxylic acids is 1. The van der Waals surface area contributed by atoms with Crippen molar-refractivity contribution in [3.63, 3.8) is 0 Å². The highest BCUT2D eigenvalue weighted by Crippen LogP contribution is 2.39. The van der Waals surface area contributed by atoms with E-state index in [-0.39, 0.29) is 11.1 Å². The van der Waals surface area contributed by atoms with Crippen molar-refractivity contribution >= 4 is 11.6 Å². The summed E-state index contributed by atoms with van der Waals surface area (Å²) in [6.07, 6.45) is 9.55. The van der Waals surface area contributed by atoms with Gasteiger partial charge in [-0.15, -0.1) is 0 Å². The van der Waals surface area contributed by atoms with E-state index < -0.39 is 0 Å². The molecule has 21 heavy (non-hydrogen) atoms. The fourth-order valence-corrected chi connectivity index (χ4v) is 5.39. The molecule has 0 aromatic rings. The maximum atomic E-state index is 13.1. The molecule has 0 radical (unpaired) electrons. The third-order valence-corrected chi connectivity index (χ3v) is 6.54. The van der Waals surface area contributed by atoms with Gasteiger partial charge < -0.3 is 4.90 Å². The van der Waals surface area contributed by atoms with Crippen molar-refractivity contribution in [1.29, 1.82) is 0 Å². The molecule has 1 amide bonds. The van der Waals surface area contributed by atoms with Crippen LogP contribution in [0.2, 0.25) is 0 Å². The molecule has 2 heterocycles. The van der Waals surface area contributed by atoms with Crippen molar-refractivity contribution in [2.24, 2.45) is 11.3 Å². The number of piperidine rings is 1. The quantitative estimate of drug-likeness (QED) is 0.570. The number of amides is 1. The van der Waals surface area contributed by atoms with Crippen LogP contribution < -0.4 is 15.2 Å². The van der Waals surface area contributed by atoms with Crippen LogP contribution in [0.4, 0.5) is 0 Å². The van der Waals surface area contributed by atoms with E-state index >= 15 is 0 Å². The highest BCUT2D eigenvalue weighted by Gasteiger charge is 2.63. The minimum Gasteiger partial charge on any atom is -0.333 e. The van der Waals surface area contributed by atoms with Crippen molar-refractivity contribution < 1.29 is 14.7 Å². The summed E-state index contributed by atoms with van der Waals surface area (Å²) in [5.74, 6) is 0.959. The Morgan fingerprint density at radius 3 is 2.81 bits per heavy atom. The molecule has 2 saturated carbocycles. The van der Waals surface area contributed by atoms with Gasteiger partial charge in [0, 0.05) is 12.8 Å². The van der Waals surface area contributed by atoms with Gasteiger partial charge in [0.05, 0.1) is 19.0 Å². The molecule has 3 N–H and O–H groups in total. The number of carbonyl (C=O) groups is 1. The number of hydrogen-bond acceptors (Lipinski definition) is 1. The van der Waals surface area contributed by atoms with Crippen molar-refractivity contribution in [2.45, 2.75) is 64.0 Å². The van der Waals surface area contributed by atoms with E-state index in [1.807, 2.05) is 0 Å². The molecule has 0 aromatic heterocycles. The summed E-state index contributed by atoms with van der Waals surface area (Å²) in [4.78, 5) is 18.6. The number of quaternary nitrogens is 1. The summed E-state index contributed by atoms with van der Waals surface area (Å²) in [7, 11) is 0. The number of nitrogens with one attached hydrogen (secondary N) is 3. The molecule has 116 valence electrons. The second-order valence-electron chi connectivity index (χ2n) is 7.79. The molecule has 2 aliphatic heterocycles. The van der Waals surface area contributed by atoms with Gasteiger partial charge in [-0.1, -0.05) is 12.8 Å². The molecule has 4 rings (SSSR count). The fourth-order valence-electron chi connectivity index (χ4n) is 5.39. The molecule has 0 aromatic carbocycles. The lowest BCUT2D eigenvalue weighted by atomic mass is 9.62. The van der Waals surface area contributed by atoms with Gasteiger partial charge in [0.25, 0.3) is 0 Å². The molecule has 4 nitrogen and oxygen atoms in total. The minimum atomic E-state index is -0.199. The van der Waals surface area contributed by atoms with Gasteiger partial charge in [0.1, 0.15) is 6.54 Å². The molecular weight excluding hydrogens is 262 g/mol. The summed E-state index contributed by atoms with van der Waals surface area (Å²) < 4.78 is 0. The first-order valence-electron chi connectivity index (χ1n) is 8.99. The predicted octanol–water partition coefficient (Wildman–Crippen LogP) is -0.997. The van der Waals surface area contributed by atoms with E-state index in [0.717, 1.165) is 32.4 Å². The molecule has 3 fully saturated rings. The normalized spacial score (nSPS) is 41.2. The van der Waals surface area contributed by atoms with Gasteiger partial charge >= 0.3 is 0 Å². The summed E-state index contributed by atoms with van der Waals surface area (Å²) >= 11 is 0. The molecule has 1 unspecified atom stereocenters. The molecule has 1 saturated heterocycles. The Morgan fingerprint density at radius 1 is 1.24 bits per heavy atom. The predicted molar refractivity (Wildman–Crippen MR) is 80.9 cm³/mol. The van der Waals surface area contributed by atoms with Crippen molar-refractivity contribution in [3.05, 3.63) is 0 Å². The first-order chi connectivity index (χ1) is 10.2. The van der Waals surface area contributed by atoms with Crippen LogP contribution in [0.15, 0.2) is 0 Å². The Balaban J connectivity index is 1.75. The van der Waals surface area contributed by atoms with Gasteiger partial charge in [-0.3, -0.25) is 10.1 Å². The lowest BCUT2D eigenvalue weighted by Crippen LogP contribution is -3.18. The van der Waals surface area contributed by atoms with E-state index in [1.54, 1.807) is 4.90 Å². The van der Waals surface area contributed by atoms with Crippen molar-refractivity contribution in [1.82, 2.24) is 5.32 Å². The van der Waals surface area contributed by atoms with Gasteiger partial charge in [-0.05, 0) is 32.6 Å². The number of likely N-dealkylation sites (tertiary alicyclic amines) is 1. The van der Waals surface area contributed by atoms with Crippen LogP contribution in [0.1, 0.15) is 58.3 Å². The number of hydrogen-bond donors (Lipinski definition) is 3. The average molecular weight is 291 g/mol. The van der Waals surface area contributed by atoms with Gasteiger partial charge in [0.2, 0.25) is 11.6 Å². The standard InChI is InChI=1S/C17H27N3O/c1-2-20-11-13-7-6-8-16(12-20)14(13)18-17(19-15(16)21)9-4-3-5-10-17/h13H,2-12H2,1H3,(H,19,21)/p+2/t13-,16-/m0/s1. The van der Waals surface area contributed by atoms with E-state index in [1.165, 1.54) is 44.4 Å². The molecule has 4 aliphatic rings. The Kier molecular flexibility index (Phi) is 3.14. The van der Waals surface area contributed by atoms with E-state index in [9.17, 15) is 4.79 Å². The second-order valence-corrected chi connectivity index (χ2v) is 7.79. The van der Waals surface area contributed by atoms with Crippen LogP contribution in [0, 0.1) is 11.3 Å². The smallest absolute Gasteiger partial charge is 0.247 e. The van der Waals surface area contributed by atoms with Crippen LogP contribution in [-0.4, -0.2) is 36.9 Å². The van der Waals surface area contributed by atoms with Crippen LogP contribution in [0.25, 0.3) is 0 Å². The highest BCUT2D eigenvalue weighted by molar-refractivity contribution is 6.09. The molecule has 4 heteroatoms. The third kappa shape index (κ3) is 1.98. The molecular formula is C17H29N3O+2. The monoisotopic (exact) mass is 291 g/mol. The number of rotatable bonds is 1. The molecule has 1 spiro atoms. The van der Waals surface area contributed by atoms with Gasteiger partial charge in [-0.25, -0.2) is 4.99 Å². The SMILES string of the molecule is CC[NH+]1C[C@@H]2CCC[C@@]3(C1)C(=O)NC1(CCCCC1)[NH+]=C23. The fraction of sp³-hybridized carbons (Fsp3) is 0.882. The Bertz CT molecular complexity index is 480. The minimum absolute atomic E-state index is 0.104. The van der Waals surface area contributed by atoms with Crippen molar-refractivity contribution in [2.75, 3.05) is 19.6 Å². The van der Waals surface area contributed by atoms with Crippen LogP contribution in [0.5, 0.6) is 0 Å². The Morgan fingerprint density at radius 2 is 2.05 bits per heavy atom. The average Bonchev–Trinajstić information content (AvgIpc) is 2.47. The summed E-state index contributed by atoms with van der Waals surface area (Å²) in [6, 6.07) is 0. The first-order valence-corrected chi connectivity index (χ1v) is 8.99. The maximum Gasteiger partial charge on any atom is 0.247 e. The lowest BCUT2D eigenvalue weighted by Gasteiger charge is -2.48. The second kappa shape index (κ2) is 4.80. The maximum absolute atomic E-state index is 13.1. The summed E-state index contributed by atoms with van der Waals surface area (Å²) in [6.45, 7) is 5.63. The van der Waals surface area contributed by atoms with Crippen LogP contribution in [0.3, 0.4) is 0 Å². The Hall–Kier alpha value is -0.900. The van der Waals surface area contributed by atoms with E-state index in [2.05, 4.69) is 17.2 Å². The zero-order chi connectivity index (χ0) is 14.5. The summed E-state index contributed by atoms with van der Waals surface area (Å²) in [5.41, 5.74) is 1.12. The van der Waals surface area contributed by atoms with Crippen LogP contribution in [-0.2, 0) is 4.79 Å². The molecule has 2 aliphatic carbocycles. The van der Waals surface area contributed by atoms with E-state index in [0.29, 0.717) is 11.8 Å². The van der Waals surface area contributed by atoms with Crippen molar-refractivity contribution in [3.8, 4) is 0 Å². The van der Waals surface area contributed by atoms with E-state index in [4.69, 9.17) is 0 Å². The third-order valence-electron chi connectivity index (χ3n) is 6.54. The largest absolute Gasteiger partial charge is 0.333 e. The first kappa shape index (κ1) is 13.7. The molecule has 2 bridgehead atoms. The molecule has 3 atom stereocenters. The zero-order valence-corrected chi connectivity index (χ0v) is 13.3. The lowest BCUT2D eigenvalue weighted by molar-refractivity contribution is -0.910. The zero-order valence-electron chi connectivity index (χ0n) is 13.3. The summed E-state index contributed by atoms with van der Waals surface area (Å²) in [5, 5.41) is 3.44. The highest BCUT2D eigenvalue weighted by atomic mass is 16.2. The van der Waals surface area contributed by atoms with Gasteiger partial charge in [-0.2, -0.15) is 0 Å². The van der Waals surface area contributed by atoms with Gasteiger partial charge in [0.15, 0.2) is 11.1 Å². The Labute approximate surface area is 127 Å². The van der Waals surface area contributed by atoms with Crippen LogP contribution >= 0.6 is 0 Å².